The molecule has 3 heterocycles. The number of aryl methyl sites for hydroxylation is 3. The molecule has 5 aromatic rings. The highest BCUT2D eigenvalue weighted by molar-refractivity contribution is 7.99. The lowest BCUT2D eigenvalue weighted by Gasteiger charge is -2.13. The number of hydrogen-bond donors (Lipinski definition) is 0. The number of benzene rings is 2. The van der Waals surface area contributed by atoms with Gasteiger partial charge in [0.1, 0.15) is 4.83 Å². The second-order valence-corrected chi connectivity index (χ2v) is 10.5. The Hall–Kier alpha value is -3.23. The predicted molar refractivity (Wildman–Crippen MR) is 137 cm³/mol. The van der Waals surface area contributed by atoms with Crippen LogP contribution in [-0.2, 0) is 12.8 Å². The Morgan fingerprint density at radius 3 is 2.62 bits per heavy atom. The number of carbonyl (C=O) groups is 1. The molecule has 0 saturated carbocycles. The van der Waals surface area contributed by atoms with Crippen molar-refractivity contribution >= 4 is 44.9 Å². The third-order valence-electron chi connectivity index (χ3n) is 6.37. The maximum atomic E-state index is 13.9. The van der Waals surface area contributed by atoms with Crippen LogP contribution < -0.4 is 5.56 Å². The first-order chi connectivity index (χ1) is 16.6. The van der Waals surface area contributed by atoms with Gasteiger partial charge in [-0.1, -0.05) is 60.3 Å². The summed E-state index contributed by atoms with van der Waals surface area (Å²) in [4.78, 5) is 28.8. The molecule has 6 rings (SSSR count). The highest BCUT2D eigenvalue weighted by Gasteiger charge is 2.26. The third kappa shape index (κ3) is 3.40. The number of hydrogen-bond acceptors (Lipinski definition) is 6. The average molecular weight is 487 g/mol. The van der Waals surface area contributed by atoms with E-state index >= 15 is 0 Å². The number of thiophene rings is 1. The van der Waals surface area contributed by atoms with Gasteiger partial charge in [-0.25, -0.2) is 8.97 Å². The summed E-state index contributed by atoms with van der Waals surface area (Å²) in [5.41, 5.74) is 3.61. The normalized spacial score (nSPS) is 13.4. The Bertz CT molecular complexity index is 1620. The Labute approximate surface area is 204 Å². The number of para-hydroxylation sites is 1. The monoisotopic (exact) mass is 486 g/mol. The lowest BCUT2D eigenvalue weighted by atomic mass is 9.97. The van der Waals surface area contributed by atoms with Crippen LogP contribution in [0, 0.1) is 6.92 Å². The van der Waals surface area contributed by atoms with E-state index < -0.39 is 0 Å². The lowest BCUT2D eigenvalue weighted by molar-refractivity contribution is 0.102. The second-order valence-electron chi connectivity index (χ2n) is 8.51. The van der Waals surface area contributed by atoms with Crippen molar-refractivity contribution in [1.82, 2.24) is 19.2 Å². The van der Waals surface area contributed by atoms with Gasteiger partial charge >= 0.3 is 0 Å². The fourth-order valence-electron chi connectivity index (χ4n) is 4.68. The SMILES string of the molecule is Cc1ccccc1-n1c(=O)c2c3c(sc2n2c(SCC(=O)c4ccccc4)nnc12)CCCC3. The van der Waals surface area contributed by atoms with E-state index in [1.54, 1.807) is 15.9 Å². The van der Waals surface area contributed by atoms with E-state index in [0.717, 1.165) is 47.2 Å². The van der Waals surface area contributed by atoms with E-state index in [9.17, 15) is 9.59 Å². The molecular formula is C26H22N4O2S2. The van der Waals surface area contributed by atoms with E-state index in [0.29, 0.717) is 16.5 Å². The molecule has 1 aliphatic carbocycles. The first-order valence-corrected chi connectivity index (χ1v) is 13.1. The number of ketones is 1. The summed E-state index contributed by atoms with van der Waals surface area (Å²) in [5.74, 6) is 0.775. The summed E-state index contributed by atoms with van der Waals surface area (Å²) < 4.78 is 3.67. The maximum Gasteiger partial charge on any atom is 0.268 e. The fourth-order valence-corrected chi connectivity index (χ4v) is 6.94. The van der Waals surface area contributed by atoms with Crippen molar-refractivity contribution in [2.45, 2.75) is 37.8 Å². The van der Waals surface area contributed by atoms with E-state index in [4.69, 9.17) is 0 Å². The zero-order chi connectivity index (χ0) is 23.2. The van der Waals surface area contributed by atoms with Crippen molar-refractivity contribution in [3.8, 4) is 5.69 Å². The molecule has 0 atom stereocenters. The second kappa shape index (κ2) is 8.52. The molecule has 170 valence electrons. The van der Waals surface area contributed by atoms with E-state index in [-0.39, 0.29) is 17.1 Å². The predicted octanol–water partition coefficient (Wildman–Crippen LogP) is 5.26. The van der Waals surface area contributed by atoms with Gasteiger partial charge < -0.3 is 0 Å². The van der Waals surface area contributed by atoms with Crippen LogP contribution in [0.15, 0.2) is 64.5 Å². The van der Waals surface area contributed by atoms with Gasteiger partial charge in [0.2, 0.25) is 5.78 Å². The number of thioether (sulfide) groups is 1. The molecule has 0 aliphatic heterocycles. The largest absolute Gasteiger partial charge is 0.293 e. The molecule has 0 fully saturated rings. The first kappa shape index (κ1) is 21.3. The van der Waals surface area contributed by atoms with Gasteiger partial charge in [-0.2, -0.15) is 0 Å². The topological polar surface area (TPSA) is 69.3 Å². The summed E-state index contributed by atoms with van der Waals surface area (Å²) in [6, 6.07) is 17.1. The molecule has 0 amide bonds. The highest BCUT2D eigenvalue weighted by Crippen LogP contribution is 2.37. The number of carbonyl (C=O) groups excluding carboxylic acids is 1. The summed E-state index contributed by atoms with van der Waals surface area (Å²) in [7, 11) is 0. The number of fused-ring (bicyclic) bond motifs is 5. The van der Waals surface area contributed by atoms with Crippen molar-refractivity contribution in [3.05, 3.63) is 86.5 Å². The van der Waals surface area contributed by atoms with Crippen LogP contribution in [0.25, 0.3) is 21.7 Å². The third-order valence-corrected chi connectivity index (χ3v) is 8.58. The van der Waals surface area contributed by atoms with Crippen molar-refractivity contribution in [2.75, 3.05) is 5.75 Å². The van der Waals surface area contributed by atoms with Gasteiger partial charge in [0.15, 0.2) is 10.9 Å². The zero-order valence-corrected chi connectivity index (χ0v) is 20.3. The molecule has 2 aromatic carbocycles. The minimum absolute atomic E-state index is 0.0382. The highest BCUT2D eigenvalue weighted by atomic mass is 32.2. The summed E-state index contributed by atoms with van der Waals surface area (Å²) in [5, 5.41) is 10.3. The van der Waals surface area contributed by atoms with Crippen molar-refractivity contribution in [3.63, 3.8) is 0 Å². The van der Waals surface area contributed by atoms with Crippen LogP contribution in [-0.4, -0.2) is 30.7 Å². The standard InChI is InChI=1S/C26H22N4O2S2/c1-16-9-5-7-13-19(16)29-23(32)22-18-12-6-8-14-21(18)34-24(22)30-25(29)27-28-26(30)33-15-20(31)17-10-3-2-4-11-17/h2-5,7,9-11,13H,6,8,12,14-15H2,1H3. The molecule has 0 bridgehead atoms. The first-order valence-electron chi connectivity index (χ1n) is 11.3. The number of aromatic nitrogens is 4. The molecule has 0 saturated heterocycles. The number of rotatable bonds is 5. The molecule has 8 heteroatoms. The average Bonchev–Trinajstić information content (AvgIpc) is 3.46. The molecule has 34 heavy (non-hydrogen) atoms. The summed E-state index contributed by atoms with van der Waals surface area (Å²) in [6.45, 7) is 2.00. The van der Waals surface area contributed by atoms with Crippen LogP contribution >= 0.6 is 23.1 Å². The molecule has 0 radical (unpaired) electrons. The van der Waals surface area contributed by atoms with Crippen LogP contribution in [0.2, 0.25) is 0 Å². The fraction of sp³-hybridized carbons (Fsp3) is 0.231. The molecule has 0 N–H and O–H groups in total. The van der Waals surface area contributed by atoms with Gasteiger partial charge in [0.05, 0.1) is 16.8 Å². The minimum Gasteiger partial charge on any atom is -0.293 e. The molecule has 0 unspecified atom stereocenters. The molecule has 6 nitrogen and oxygen atoms in total. The quantitative estimate of drug-likeness (QED) is 0.250. The van der Waals surface area contributed by atoms with Gasteiger partial charge in [-0.05, 0) is 49.8 Å². The van der Waals surface area contributed by atoms with Crippen LogP contribution in [0.5, 0.6) is 0 Å². The van der Waals surface area contributed by atoms with Gasteiger partial charge in [-0.15, -0.1) is 21.5 Å². The van der Waals surface area contributed by atoms with Crippen LogP contribution in [0.4, 0.5) is 0 Å². The minimum atomic E-state index is -0.0412. The van der Waals surface area contributed by atoms with Crippen molar-refractivity contribution in [2.24, 2.45) is 0 Å². The Kier molecular flexibility index (Phi) is 5.34. The van der Waals surface area contributed by atoms with Crippen molar-refractivity contribution in [1.29, 1.82) is 0 Å². The molecule has 1 aliphatic rings. The van der Waals surface area contributed by atoms with E-state index in [1.807, 2.05) is 65.9 Å². The molecular weight excluding hydrogens is 464 g/mol. The summed E-state index contributed by atoms with van der Waals surface area (Å²) >= 11 is 3.04. The lowest BCUT2D eigenvalue weighted by Crippen LogP contribution is -2.23. The Balaban J connectivity index is 1.56. The van der Waals surface area contributed by atoms with Crippen LogP contribution in [0.3, 0.4) is 0 Å². The molecule has 0 spiro atoms. The Morgan fingerprint density at radius 2 is 1.79 bits per heavy atom. The number of Topliss-reactive ketones (excluding diaryl/α,β-unsaturated/α-hetero) is 1. The Morgan fingerprint density at radius 1 is 1.03 bits per heavy atom. The van der Waals surface area contributed by atoms with E-state index in [1.165, 1.54) is 22.2 Å². The van der Waals surface area contributed by atoms with Gasteiger partial charge in [0.25, 0.3) is 5.56 Å². The molecule has 3 aromatic heterocycles. The van der Waals surface area contributed by atoms with E-state index in [2.05, 4.69) is 10.2 Å². The smallest absolute Gasteiger partial charge is 0.268 e. The van der Waals surface area contributed by atoms with Gasteiger partial charge in [-0.3, -0.25) is 9.59 Å². The van der Waals surface area contributed by atoms with Crippen LogP contribution in [0.1, 0.15) is 39.2 Å². The van der Waals surface area contributed by atoms with Crippen molar-refractivity contribution < 1.29 is 4.79 Å². The maximum absolute atomic E-state index is 13.9. The summed E-state index contributed by atoms with van der Waals surface area (Å²) in [6.07, 6.45) is 4.15. The zero-order valence-electron chi connectivity index (χ0n) is 18.7. The number of nitrogens with zero attached hydrogens (tertiary/aromatic N) is 4. The van der Waals surface area contributed by atoms with Gasteiger partial charge in [0, 0.05) is 10.4 Å².